The second-order valence-corrected chi connectivity index (χ2v) is 6.14. The first-order valence-corrected chi connectivity index (χ1v) is 7.77. The summed E-state index contributed by atoms with van der Waals surface area (Å²) in [6.07, 6.45) is 0. The van der Waals surface area contributed by atoms with Gasteiger partial charge in [-0.25, -0.2) is 8.42 Å². The SMILES string of the molecule is Cc1ccc(Nc2ccc([N+](=O)[O-])cc2[N+](=O)[O-])c(S(=O)(=O)[O-])c1.[Na+]. The predicted molar refractivity (Wildman–Crippen MR) is 82.2 cm³/mol. The molecule has 126 valence electrons. The van der Waals surface area contributed by atoms with Gasteiger partial charge in [0.25, 0.3) is 11.4 Å². The van der Waals surface area contributed by atoms with E-state index in [0.29, 0.717) is 5.56 Å². The van der Waals surface area contributed by atoms with Gasteiger partial charge in [-0.2, -0.15) is 0 Å². The van der Waals surface area contributed by atoms with Crippen molar-refractivity contribution in [3.05, 3.63) is 62.2 Å². The smallest absolute Gasteiger partial charge is 0.744 e. The monoisotopic (exact) mass is 375 g/mol. The van der Waals surface area contributed by atoms with Crippen LogP contribution in [0.15, 0.2) is 41.3 Å². The average Bonchev–Trinajstić information content (AvgIpc) is 2.48. The van der Waals surface area contributed by atoms with Crippen molar-refractivity contribution in [3.8, 4) is 0 Å². The van der Waals surface area contributed by atoms with Crippen LogP contribution in [0.25, 0.3) is 0 Å². The Morgan fingerprint density at radius 3 is 2.08 bits per heavy atom. The van der Waals surface area contributed by atoms with E-state index in [9.17, 15) is 33.2 Å². The Balaban J connectivity index is 0.00000312. The number of anilines is 2. The van der Waals surface area contributed by atoms with Crippen LogP contribution in [0.1, 0.15) is 5.56 Å². The van der Waals surface area contributed by atoms with Crippen molar-refractivity contribution < 1.29 is 52.4 Å². The van der Waals surface area contributed by atoms with Crippen LogP contribution in [0.3, 0.4) is 0 Å². The van der Waals surface area contributed by atoms with E-state index in [0.717, 1.165) is 24.3 Å². The molecule has 0 aliphatic carbocycles. The van der Waals surface area contributed by atoms with Gasteiger partial charge in [-0.05, 0) is 30.7 Å². The van der Waals surface area contributed by atoms with Crippen molar-refractivity contribution in [1.29, 1.82) is 0 Å². The van der Waals surface area contributed by atoms with E-state index in [1.807, 2.05) is 0 Å². The third-order valence-electron chi connectivity index (χ3n) is 3.06. The van der Waals surface area contributed by atoms with Gasteiger partial charge in [0.15, 0.2) is 0 Å². The van der Waals surface area contributed by atoms with Crippen LogP contribution in [-0.4, -0.2) is 22.8 Å². The van der Waals surface area contributed by atoms with Crippen LogP contribution >= 0.6 is 0 Å². The van der Waals surface area contributed by atoms with E-state index in [4.69, 9.17) is 0 Å². The molecule has 0 amide bonds. The molecule has 0 heterocycles. The van der Waals surface area contributed by atoms with E-state index < -0.39 is 36.2 Å². The summed E-state index contributed by atoms with van der Waals surface area (Å²) in [6, 6.07) is 6.75. The van der Waals surface area contributed by atoms with Crippen molar-refractivity contribution in [3.63, 3.8) is 0 Å². The number of nitrogens with zero attached hydrogens (tertiary/aromatic N) is 2. The fraction of sp³-hybridized carbons (Fsp3) is 0.0769. The summed E-state index contributed by atoms with van der Waals surface area (Å²) < 4.78 is 34.0. The summed E-state index contributed by atoms with van der Waals surface area (Å²) in [5.41, 5.74) is -0.952. The normalized spacial score (nSPS) is 10.6. The minimum absolute atomic E-state index is 0. The molecule has 0 bridgehead atoms. The van der Waals surface area contributed by atoms with Crippen molar-refractivity contribution in [2.45, 2.75) is 11.8 Å². The molecule has 25 heavy (non-hydrogen) atoms. The van der Waals surface area contributed by atoms with Crippen molar-refractivity contribution in [2.75, 3.05) is 5.32 Å². The van der Waals surface area contributed by atoms with E-state index >= 15 is 0 Å². The summed E-state index contributed by atoms with van der Waals surface area (Å²) in [6.45, 7) is 1.58. The molecular weight excluding hydrogens is 365 g/mol. The largest absolute Gasteiger partial charge is 1.00 e. The molecule has 0 aromatic heterocycles. The van der Waals surface area contributed by atoms with Crippen molar-refractivity contribution in [2.24, 2.45) is 0 Å². The molecule has 0 atom stereocenters. The van der Waals surface area contributed by atoms with Crippen molar-refractivity contribution >= 4 is 32.9 Å². The average molecular weight is 375 g/mol. The summed E-state index contributed by atoms with van der Waals surface area (Å²) >= 11 is 0. The number of nitro groups is 2. The molecule has 1 N–H and O–H groups in total. The number of non-ortho nitro benzene ring substituents is 1. The molecule has 2 aromatic rings. The Morgan fingerprint density at radius 2 is 1.56 bits per heavy atom. The molecule has 0 saturated heterocycles. The van der Waals surface area contributed by atoms with Gasteiger partial charge in [-0.3, -0.25) is 20.2 Å². The van der Waals surface area contributed by atoms with Gasteiger partial charge in [0.1, 0.15) is 15.8 Å². The zero-order chi connectivity index (χ0) is 18.1. The van der Waals surface area contributed by atoms with Gasteiger partial charge < -0.3 is 9.87 Å². The van der Waals surface area contributed by atoms with Gasteiger partial charge in [-0.15, -0.1) is 0 Å². The zero-order valence-corrected chi connectivity index (χ0v) is 15.9. The summed E-state index contributed by atoms with van der Waals surface area (Å²) in [5.74, 6) is 0. The number of aryl methyl sites for hydroxylation is 1. The third-order valence-corrected chi connectivity index (χ3v) is 3.94. The maximum Gasteiger partial charge on any atom is 1.00 e. The minimum Gasteiger partial charge on any atom is -0.744 e. The van der Waals surface area contributed by atoms with E-state index in [2.05, 4.69) is 5.32 Å². The van der Waals surface area contributed by atoms with Crippen LogP contribution in [0.2, 0.25) is 0 Å². The van der Waals surface area contributed by atoms with Crippen LogP contribution in [0.5, 0.6) is 0 Å². The number of rotatable bonds is 5. The van der Waals surface area contributed by atoms with Crippen molar-refractivity contribution in [1.82, 2.24) is 0 Å². The number of hydrogen-bond donors (Lipinski definition) is 1. The fourth-order valence-electron chi connectivity index (χ4n) is 1.98. The van der Waals surface area contributed by atoms with E-state index in [1.165, 1.54) is 12.1 Å². The predicted octanol–water partition coefficient (Wildman–Crippen LogP) is -0.537. The molecule has 2 aromatic carbocycles. The van der Waals surface area contributed by atoms with Crippen LogP contribution in [-0.2, 0) is 10.1 Å². The molecule has 0 fully saturated rings. The maximum absolute atomic E-state index is 11.3. The second kappa shape index (κ2) is 7.89. The van der Waals surface area contributed by atoms with E-state index in [1.54, 1.807) is 6.92 Å². The standard InChI is InChI=1S/C13H11N3O7S.Na/c1-8-2-4-11(13(6-8)24(21,22)23)14-10-5-3-9(15(17)18)7-12(10)16(19)20;/h2-7,14H,1H3,(H,21,22,23);/q;+1/p-1. The first-order valence-electron chi connectivity index (χ1n) is 6.36. The molecule has 0 aliphatic rings. The zero-order valence-electron chi connectivity index (χ0n) is 13.1. The number of nitrogens with one attached hydrogen (secondary N) is 1. The van der Waals surface area contributed by atoms with Gasteiger partial charge in [-0.1, -0.05) is 6.07 Å². The molecule has 0 spiro atoms. The minimum atomic E-state index is -4.82. The van der Waals surface area contributed by atoms with Crippen LogP contribution in [0, 0.1) is 27.2 Å². The summed E-state index contributed by atoms with van der Waals surface area (Å²) in [7, 11) is -4.82. The van der Waals surface area contributed by atoms with Gasteiger partial charge >= 0.3 is 29.6 Å². The molecule has 0 unspecified atom stereocenters. The number of nitro benzene ring substituents is 2. The van der Waals surface area contributed by atoms with Gasteiger partial charge in [0.05, 0.1) is 26.5 Å². The third kappa shape index (κ3) is 4.96. The first-order chi connectivity index (χ1) is 11.1. The number of hydrogen-bond acceptors (Lipinski definition) is 8. The topological polar surface area (TPSA) is 156 Å². The Bertz CT molecular complexity index is 947. The quantitative estimate of drug-likeness (QED) is 0.316. The van der Waals surface area contributed by atoms with Crippen LogP contribution < -0.4 is 34.9 Å². The molecule has 0 radical (unpaired) electrons. The second-order valence-electron chi connectivity index (χ2n) is 4.79. The van der Waals surface area contributed by atoms with Gasteiger partial charge in [0, 0.05) is 6.07 Å². The van der Waals surface area contributed by atoms with E-state index in [-0.39, 0.29) is 40.9 Å². The maximum atomic E-state index is 11.3. The Morgan fingerprint density at radius 1 is 0.960 bits per heavy atom. The summed E-state index contributed by atoms with van der Waals surface area (Å²) in [5, 5.41) is 24.3. The molecule has 10 nitrogen and oxygen atoms in total. The molecule has 0 aliphatic heterocycles. The Kier molecular flexibility index (Phi) is 6.62. The summed E-state index contributed by atoms with van der Waals surface area (Å²) in [4.78, 5) is 19.6. The molecule has 0 saturated carbocycles. The molecule has 2 rings (SSSR count). The van der Waals surface area contributed by atoms with Crippen LogP contribution in [0.4, 0.5) is 22.7 Å². The first kappa shape index (κ1) is 21.0. The number of benzene rings is 2. The Hall–Kier alpha value is -2.05. The molecular formula is C13H10N3NaO7S. The Labute approximate surface area is 164 Å². The van der Waals surface area contributed by atoms with Gasteiger partial charge in [0.2, 0.25) is 0 Å². The molecule has 12 heteroatoms. The fourth-order valence-corrected chi connectivity index (χ4v) is 2.69.